The summed E-state index contributed by atoms with van der Waals surface area (Å²) >= 11 is 0. The van der Waals surface area contributed by atoms with Gasteiger partial charge < -0.3 is 5.32 Å². The maximum absolute atomic E-state index is 12.5. The normalized spacial score (nSPS) is 11.0. The van der Waals surface area contributed by atoms with Crippen LogP contribution in [0.4, 0.5) is 5.82 Å². The highest BCUT2D eigenvalue weighted by Gasteiger charge is 2.16. The van der Waals surface area contributed by atoms with Gasteiger partial charge in [-0.05, 0) is 57.0 Å². The molecule has 146 valence electrons. The summed E-state index contributed by atoms with van der Waals surface area (Å²) in [4.78, 5) is 28.5. The number of benzene rings is 1. The first kappa shape index (κ1) is 18.5. The van der Waals surface area contributed by atoms with E-state index in [0.29, 0.717) is 11.6 Å². The van der Waals surface area contributed by atoms with Gasteiger partial charge in [0.2, 0.25) is 0 Å². The zero-order valence-electron chi connectivity index (χ0n) is 16.6. The molecule has 0 saturated carbocycles. The number of hydrogen-bond donors (Lipinski definition) is 2. The van der Waals surface area contributed by atoms with Crippen molar-refractivity contribution < 1.29 is 4.79 Å². The number of anilines is 1. The van der Waals surface area contributed by atoms with Crippen molar-refractivity contribution in [1.82, 2.24) is 25.0 Å². The monoisotopic (exact) mass is 388 g/mol. The molecule has 0 spiro atoms. The highest BCUT2D eigenvalue weighted by atomic mass is 16.2. The number of aryl methyl sites for hydroxylation is 4. The fraction of sp³-hybridized carbons (Fsp3) is 0.190. The molecule has 4 aromatic rings. The largest absolute Gasteiger partial charge is 0.305 e. The molecule has 0 radical (unpaired) electrons. The maximum Gasteiger partial charge on any atom is 0.277 e. The van der Waals surface area contributed by atoms with Gasteiger partial charge in [0.25, 0.3) is 11.5 Å². The van der Waals surface area contributed by atoms with Crippen molar-refractivity contribution in [3.8, 4) is 5.82 Å². The molecule has 0 saturated heterocycles. The Bertz CT molecular complexity index is 1300. The molecule has 0 aliphatic heterocycles. The fourth-order valence-corrected chi connectivity index (χ4v) is 3.35. The lowest BCUT2D eigenvalue weighted by Gasteiger charge is -2.12. The van der Waals surface area contributed by atoms with E-state index >= 15 is 0 Å². The summed E-state index contributed by atoms with van der Waals surface area (Å²) < 4.78 is 1.60. The van der Waals surface area contributed by atoms with Gasteiger partial charge in [-0.25, -0.2) is 10.1 Å². The molecule has 29 heavy (non-hydrogen) atoms. The van der Waals surface area contributed by atoms with Gasteiger partial charge in [-0.15, -0.1) is 0 Å². The number of aromatic nitrogens is 5. The molecule has 1 aromatic carbocycles. The van der Waals surface area contributed by atoms with E-state index in [1.165, 1.54) is 17.7 Å². The first-order valence-corrected chi connectivity index (χ1v) is 9.14. The summed E-state index contributed by atoms with van der Waals surface area (Å²) in [5.41, 5.74) is 4.70. The Balaban J connectivity index is 1.78. The summed E-state index contributed by atoms with van der Waals surface area (Å²) in [7, 11) is 0. The second-order valence-electron chi connectivity index (χ2n) is 7.12. The van der Waals surface area contributed by atoms with E-state index in [1.54, 1.807) is 10.7 Å². The predicted molar refractivity (Wildman–Crippen MR) is 111 cm³/mol. The molecule has 3 aromatic heterocycles. The molecule has 0 unspecified atom stereocenters. The minimum Gasteiger partial charge on any atom is -0.305 e. The molecular weight excluding hydrogens is 368 g/mol. The van der Waals surface area contributed by atoms with Gasteiger partial charge in [0.15, 0.2) is 5.82 Å². The van der Waals surface area contributed by atoms with E-state index in [4.69, 9.17) is 4.98 Å². The number of fused-ring (bicyclic) bond motifs is 1. The zero-order chi connectivity index (χ0) is 20.7. The molecule has 1 amide bonds. The minimum atomic E-state index is -0.452. The first-order valence-electron chi connectivity index (χ1n) is 9.14. The second kappa shape index (κ2) is 6.97. The fourth-order valence-electron chi connectivity index (χ4n) is 3.35. The van der Waals surface area contributed by atoms with Crippen LogP contribution in [-0.2, 0) is 0 Å². The van der Waals surface area contributed by atoms with Gasteiger partial charge in [-0.1, -0.05) is 11.6 Å². The Morgan fingerprint density at radius 3 is 2.55 bits per heavy atom. The van der Waals surface area contributed by atoms with Gasteiger partial charge in [0.1, 0.15) is 11.5 Å². The summed E-state index contributed by atoms with van der Waals surface area (Å²) in [6, 6.07) is 10.5. The highest BCUT2D eigenvalue weighted by Crippen LogP contribution is 2.26. The second-order valence-corrected chi connectivity index (χ2v) is 7.12. The molecular formula is C21H20N6O2. The third-order valence-corrected chi connectivity index (χ3v) is 4.64. The molecule has 2 N–H and O–H groups in total. The van der Waals surface area contributed by atoms with E-state index in [2.05, 4.69) is 39.7 Å². The summed E-state index contributed by atoms with van der Waals surface area (Å²) in [5, 5.41) is 14.4. The number of H-pyrrole nitrogens is 1. The number of aromatic amines is 1. The third-order valence-electron chi connectivity index (χ3n) is 4.64. The maximum atomic E-state index is 12.5. The first-order chi connectivity index (χ1) is 13.8. The third kappa shape index (κ3) is 3.52. The number of hydrogen-bond acceptors (Lipinski definition) is 5. The summed E-state index contributed by atoms with van der Waals surface area (Å²) in [6.45, 7) is 7.97. The van der Waals surface area contributed by atoms with Crippen LogP contribution in [0.15, 0.2) is 41.2 Å². The number of pyridine rings is 1. The molecule has 0 aliphatic rings. The predicted octanol–water partition coefficient (Wildman–Crippen LogP) is 2.99. The molecule has 0 bridgehead atoms. The van der Waals surface area contributed by atoms with Crippen LogP contribution in [0.1, 0.15) is 32.9 Å². The molecule has 0 atom stereocenters. The van der Waals surface area contributed by atoms with Crippen LogP contribution in [0.3, 0.4) is 0 Å². The van der Waals surface area contributed by atoms with Gasteiger partial charge in [-0.2, -0.15) is 14.9 Å². The van der Waals surface area contributed by atoms with Crippen molar-refractivity contribution in [2.75, 3.05) is 5.32 Å². The van der Waals surface area contributed by atoms with Crippen LogP contribution in [-0.4, -0.2) is 30.9 Å². The van der Waals surface area contributed by atoms with Crippen molar-refractivity contribution in [3.63, 3.8) is 0 Å². The Morgan fingerprint density at radius 1 is 1.03 bits per heavy atom. The quantitative estimate of drug-likeness (QED) is 0.561. The molecule has 3 heterocycles. The van der Waals surface area contributed by atoms with Gasteiger partial charge in [-0.3, -0.25) is 9.59 Å². The van der Waals surface area contributed by atoms with Gasteiger partial charge >= 0.3 is 0 Å². The van der Waals surface area contributed by atoms with E-state index in [1.807, 2.05) is 26.8 Å². The van der Waals surface area contributed by atoms with Crippen LogP contribution in [0.2, 0.25) is 0 Å². The van der Waals surface area contributed by atoms with E-state index in [-0.39, 0.29) is 11.3 Å². The number of nitrogens with zero attached hydrogens (tertiary/aromatic N) is 4. The highest BCUT2D eigenvalue weighted by molar-refractivity contribution is 6.02. The van der Waals surface area contributed by atoms with Gasteiger partial charge in [0, 0.05) is 17.5 Å². The lowest BCUT2D eigenvalue weighted by molar-refractivity contribution is 0.102. The molecule has 0 fully saturated rings. The number of rotatable bonds is 3. The van der Waals surface area contributed by atoms with Crippen LogP contribution < -0.4 is 10.9 Å². The molecule has 8 nitrogen and oxygen atoms in total. The Hall–Kier alpha value is -3.81. The topological polar surface area (TPSA) is 106 Å². The summed E-state index contributed by atoms with van der Waals surface area (Å²) in [6.07, 6.45) is 0. The molecule has 8 heteroatoms. The van der Waals surface area contributed by atoms with E-state index in [0.717, 1.165) is 27.7 Å². The van der Waals surface area contributed by atoms with Crippen LogP contribution in [0.5, 0.6) is 0 Å². The van der Waals surface area contributed by atoms with Gasteiger partial charge in [0.05, 0.1) is 11.2 Å². The van der Waals surface area contributed by atoms with Crippen LogP contribution in [0.25, 0.3) is 16.7 Å². The lowest BCUT2D eigenvalue weighted by atomic mass is 10.0. The Labute approximate surface area is 166 Å². The number of carbonyl (C=O) groups excluding carboxylic acids is 1. The number of carbonyl (C=O) groups is 1. The van der Waals surface area contributed by atoms with Crippen molar-refractivity contribution >= 4 is 22.6 Å². The number of amides is 1. The Kier molecular flexibility index (Phi) is 4.46. The van der Waals surface area contributed by atoms with Crippen molar-refractivity contribution in [2.24, 2.45) is 0 Å². The SMILES string of the molecule is Cc1cc(C)c2nc(-n3nc(C)cc3NC(=O)c3ccc(=O)[nH]n3)cc(C)c2c1. The summed E-state index contributed by atoms with van der Waals surface area (Å²) in [5.74, 6) is 0.628. The van der Waals surface area contributed by atoms with Crippen LogP contribution >= 0.6 is 0 Å². The minimum absolute atomic E-state index is 0.101. The average molecular weight is 388 g/mol. The standard InChI is InChI=1S/C21H20N6O2/c1-11-7-13(3)20-15(8-11)12(2)9-17(22-20)27-18(10-14(4)26-27)23-21(29)16-5-6-19(28)25-24-16/h5-10H,1-4H3,(H,23,29)(H,25,28). The van der Waals surface area contributed by atoms with Crippen molar-refractivity contribution in [3.05, 3.63) is 74.8 Å². The molecule has 0 aliphatic carbocycles. The van der Waals surface area contributed by atoms with E-state index < -0.39 is 5.91 Å². The smallest absolute Gasteiger partial charge is 0.277 e. The van der Waals surface area contributed by atoms with Crippen molar-refractivity contribution in [1.29, 1.82) is 0 Å². The van der Waals surface area contributed by atoms with E-state index in [9.17, 15) is 9.59 Å². The number of nitrogens with one attached hydrogen (secondary N) is 2. The van der Waals surface area contributed by atoms with Crippen molar-refractivity contribution in [2.45, 2.75) is 27.7 Å². The molecule has 4 rings (SSSR count). The average Bonchev–Trinajstić information content (AvgIpc) is 3.03. The Morgan fingerprint density at radius 2 is 1.83 bits per heavy atom. The lowest BCUT2D eigenvalue weighted by Crippen LogP contribution is -2.19. The van der Waals surface area contributed by atoms with Crippen LogP contribution in [0, 0.1) is 27.7 Å². The zero-order valence-corrected chi connectivity index (χ0v) is 16.6.